The molecule has 0 bridgehead atoms. The summed E-state index contributed by atoms with van der Waals surface area (Å²) in [4.78, 5) is 0. The zero-order chi connectivity index (χ0) is 4.71. The van der Waals surface area contributed by atoms with Gasteiger partial charge in [-0.1, -0.05) is 34.1 Å². The highest BCUT2D eigenvalue weighted by atomic mass is 13.4. The molecule has 0 N–H and O–H groups in total. The lowest BCUT2D eigenvalue weighted by Gasteiger charge is -1.48. The van der Waals surface area contributed by atoms with Gasteiger partial charge in [-0.05, 0) is 0 Å². The van der Waals surface area contributed by atoms with Crippen molar-refractivity contribution in [3.8, 4) is 0 Å². The maximum Gasteiger partial charge on any atom is 0 e. The Balaban J connectivity index is -0.0000000275. The topological polar surface area (TPSA) is 0 Å². The van der Waals surface area contributed by atoms with Crippen LogP contribution in [0.4, 0.5) is 0 Å². The van der Waals surface area contributed by atoms with Gasteiger partial charge in [0, 0.05) is 1.43 Å². The van der Waals surface area contributed by atoms with Crippen LogP contribution in [0.5, 0.6) is 0 Å². The lowest BCUT2D eigenvalue weighted by Crippen LogP contribution is -1.27. The number of hydrogen-bond acceptors (Lipinski definition) is 0. The minimum Gasteiger partial charge on any atom is -0.0683 e. The first-order valence-electron chi connectivity index (χ1n) is 2.41. The van der Waals surface area contributed by atoms with Crippen molar-refractivity contribution in [1.82, 2.24) is 0 Å². The average molecular weight is 76.2 g/mol. The first-order valence-corrected chi connectivity index (χ1v) is 2.41. The van der Waals surface area contributed by atoms with E-state index in [2.05, 4.69) is 13.8 Å². The average Bonchev–Trinajstić information content (AvgIpc) is 1.46. The van der Waals surface area contributed by atoms with E-state index >= 15 is 0 Å². The fourth-order valence-electron chi connectivity index (χ4n) is 0. The molecule has 0 atom stereocenters. The van der Waals surface area contributed by atoms with E-state index in [0.29, 0.717) is 0 Å². The van der Waals surface area contributed by atoms with Crippen LogP contribution in [0, 0.1) is 0 Å². The van der Waals surface area contributed by atoms with Gasteiger partial charge < -0.3 is 0 Å². The van der Waals surface area contributed by atoms with Crippen molar-refractivity contribution in [2.24, 2.45) is 0 Å². The molecule has 0 aliphatic heterocycles. The highest BCUT2D eigenvalue weighted by Crippen LogP contribution is 1.56. The van der Waals surface area contributed by atoms with Crippen molar-refractivity contribution in [2.45, 2.75) is 34.1 Å². The first-order chi connectivity index (χ1) is 2.41. The second-order valence-electron chi connectivity index (χ2n) is 0.707. The molecule has 0 spiro atoms. The fraction of sp³-hybridized carbons (Fsp3) is 1.00. The first kappa shape index (κ1) is 8.89. The van der Waals surface area contributed by atoms with Gasteiger partial charge in [-0.2, -0.15) is 0 Å². The molecule has 0 saturated carbocycles. The summed E-state index contributed by atoms with van der Waals surface area (Å²) < 4.78 is 0. The minimum absolute atomic E-state index is 0. The van der Waals surface area contributed by atoms with E-state index in [1.54, 1.807) is 0 Å². The molecule has 0 heterocycles. The Kier molecular flexibility index (Phi) is 64.0. The second kappa shape index (κ2) is 36.0. The SMILES string of the molecule is CC.CCC.[HH]. The van der Waals surface area contributed by atoms with Gasteiger partial charge >= 0.3 is 0 Å². The Morgan fingerprint density at radius 3 is 1.20 bits per heavy atom. The molecule has 0 aromatic heterocycles. The lowest BCUT2D eigenvalue weighted by atomic mass is 10.6. The third kappa shape index (κ3) is 0. The Bertz CT molecular complexity index is 3.90. The smallest absolute Gasteiger partial charge is 0 e. The van der Waals surface area contributed by atoms with Crippen LogP contribution in [0.25, 0.3) is 0 Å². The minimum atomic E-state index is 0. The van der Waals surface area contributed by atoms with Crippen LogP contribution in [0.2, 0.25) is 0 Å². The largest absolute Gasteiger partial charge is 0.0683 e. The summed E-state index contributed by atoms with van der Waals surface area (Å²) in [7, 11) is 0. The zero-order valence-corrected chi connectivity index (χ0v) is 4.71. The Labute approximate surface area is 36.7 Å². The molecular formula is C5H16. The molecule has 0 unspecified atom stereocenters. The molecule has 0 aliphatic carbocycles. The third-order valence-electron chi connectivity index (χ3n) is 0. The van der Waals surface area contributed by atoms with E-state index in [4.69, 9.17) is 0 Å². The van der Waals surface area contributed by atoms with Crippen LogP contribution in [0.1, 0.15) is 35.5 Å². The predicted molar refractivity (Wildman–Crippen MR) is 29.4 cm³/mol. The van der Waals surface area contributed by atoms with Crippen LogP contribution in [-0.4, -0.2) is 0 Å². The molecule has 0 fully saturated rings. The predicted octanol–water partition coefficient (Wildman–Crippen LogP) is 2.69. The standard InChI is InChI=1S/C3H8.C2H6.H2/c1-3-2;1-2;/h3H2,1-2H3;1-2H3;1H. The van der Waals surface area contributed by atoms with Gasteiger partial charge in [-0.15, -0.1) is 0 Å². The van der Waals surface area contributed by atoms with E-state index in [0.717, 1.165) is 0 Å². The maximum absolute atomic E-state index is 2.12. The molecule has 0 nitrogen and oxygen atoms in total. The number of rotatable bonds is 0. The maximum atomic E-state index is 2.12. The zero-order valence-electron chi connectivity index (χ0n) is 4.71. The summed E-state index contributed by atoms with van der Waals surface area (Å²) in [6, 6.07) is 0. The van der Waals surface area contributed by atoms with Crippen molar-refractivity contribution >= 4 is 0 Å². The molecule has 0 aliphatic rings. The molecular weight excluding hydrogens is 60.1 g/mol. The van der Waals surface area contributed by atoms with Crippen molar-refractivity contribution < 1.29 is 1.43 Å². The van der Waals surface area contributed by atoms with Crippen molar-refractivity contribution in [3.05, 3.63) is 0 Å². The van der Waals surface area contributed by atoms with Gasteiger partial charge in [0.25, 0.3) is 0 Å². The van der Waals surface area contributed by atoms with Crippen LogP contribution >= 0.6 is 0 Å². The molecule has 36 valence electrons. The summed E-state index contributed by atoms with van der Waals surface area (Å²) in [6.07, 6.45) is 1.25. The molecule has 5 heavy (non-hydrogen) atoms. The highest BCUT2D eigenvalue weighted by molar-refractivity contribution is 3.92. The van der Waals surface area contributed by atoms with Crippen molar-refractivity contribution in [3.63, 3.8) is 0 Å². The third-order valence-corrected chi connectivity index (χ3v) is 0. The monoisotopic (exact) mass is 76.1 g/mol. The van der Waals surface area contributed by atoms with Crippen LogP contribution in [0.3, 0.4) is 0 Å². The molecule has 0 radical (unpaired) electrons. The molecule has 0 amide bonds. The van der Waals surface area contributed by atoms with Gasteiger partial charge in [0.1, 0.15) is 0 Å². The summed E-state index contributed by atoms with van der Waals surface area (Å²) in [6.45, 7) is 8.25. The van der Waals surface area contributed by atoms with E-state index in [-0.39, 0.29) is 1.43 Å². The van der Waals surface area contributed by atoms with E-state index in [1.807, 2.05) is 13.8 Å². The Morgan fingerprint density at radius 1 is 1.20 bits per heavy atom. The fourth-order valence-corrected chi connectivity index (χ4v) is 0. The summed E-state index contributed by atoms with van der Waals surface area (Å²) >= 11 is 0. The van der Waals surface area contributed by atoms with E-state index in [1.165, 1.54) is 6.42 Å². The summed E-state index contributed by atoms with van der Waals surface area (Å²) in [5.41, 5.74) is 0. The lowest BCUT2D eigenvalue weighted by molar-refractivity contribution is 1.09. The van der Waals surface area contributed by atoms with Gasteiger partial charge in [0.05, 0.1) is 0 Å². The van der Waals surface area contributed by atoms with Crippen LogP contribution in [-0.2, 0) is 0 Å². The van der Waals surface area contributed by atoms with E-state index < -0.39 is 0 Å². The molecule has 0 aromatic rings. The van der Waals surface area contributed by atoms with Crippen LogP contribution < -0.4 is 0 Å². The van der Waals surface area contributed by atoms with Crippen molar-refractivity contribution in [1.29, 1.82) is 0 Å². The quantitative estimate of drug-likeness (QED) is 0.416. The van der Waals surface area contributed by atoms with Gasteiger partial charge in [-0.3, -0.25) is 0 Å². The summed E-state index contributed by atoms with van der Waals surface area (Å²) in [5, 5.41) is 0. The molecule has 0 saturated heterocycles. The molecule has 0 heteroatoms. The van der Waals surface area contributed by atoms with Gasteiger partial charge in [0.15, 0.2) is 0 Å². The molecule has 0 rings (SSSR count). The number of hydrogen-bond donors (Lipinski definition) is 0. The Morgan fingerprint density at radius 2 is 1.20 bits per heavy atom. The van der Waals surface area contributed by atoms with Gasteiger partial charge in [-0.25, -0.2) is 0 Å². The summed E-state index contributed by atoms with van der Waals surface area (Å²) in [5.74, 6) is 0. The van der Waals surface area contributed by atoms with E-state index in [9.17, 15) is 0 Å². The Hall–Kier alpha value is 0. The van der Waals surface area contributed by atoms with Crippen molar-refractivity contribution in [2.75, 3.05) is 0 Å². The van der Waals surface area contributed by atoms with Gasteiger partial charge in [0.2, 0.25) is 0 Å². The second-order valence-corrected chi connectivity index (χ2v) is 0.707. The molecule has 0 aromatic carbocycles. The normalized spacial score (nSPS) is 4.80. The van der Waals surface area contributed by atoms with Crippen LogP contribution in [0.15, 0.2) is 0 Å². The highest BCUT2D eigenvalue weighted by Gasteiger charge is 1.35.